The molecule has 0 N–H and O–H groups in total. The second-order valence-corrected chi connectivity index (χ2v) is 14.4. The topological polar surface area (TPSA) is 30.7 Å². The predicted molar refractivity (Wildman–Crippen MR) is 212 cm³/mol. The molecule has 3 nitrogen and oxygen atoms in total. The van der Waals surface area contributed by atoms with Crippen molar-refractivity contribution in [2.75, 3.05) is 0 Å². The van der Waals surface area contributed by atoms with Gasteiger partial charge >= 0.3 is 0 Å². The third kappa shape index (κ3) is 3.94. The van der Waals surface area contributed by atoms with Crippen LogP contribution in [0.1, 0.15) is 22.3 Å². The Morgan fingerprint density at radius 1 is 0.471 bits per heavy atom. The van der Waals surface area contributed by atoms with Gasteiger partial charge in [-0.25, -0.2) is 9.97 Å². The zero-order chi connectivity index (χ0) is 33.5. The van der Waals surface area contributed by atoms with Gasteiger partial charge in [0, 0.05) is 42.7 Å². The molecule has 11 rings (SSSR count). The third-order valence-corrected chi connectivity index (χ3v) is 12.0. The molecule has 0 fully saturated rings. The summed E-state index contributed by atoms with van der Waals surface area (Å²) in [5.74, 6) is 0.662. The Kier molecular flexibility index (Phi) is 6.04. The number of aromatic nitrogens is 3. The van der Waals surface area contributed by atoms with E-state index >= 15 is 0 Å². The van der Waals surface area contributed by atoms with Crippen molar-refractivity contribution < 1.29 is 0 Å². The highest BCUT2D eigenvalue weighted by atomic mass is 32.1. The van der Waals surface area contributed by atoms with Gasteiger partial charge in [0.1, 0.15) is 0 Å². The molecular weight excluding hydrogens is 639 g/mol. The predicted octanol–water partition coefficient (Wildman–Crippen LogP) is 12.0. The number of hydrogen-bond acceptors (Lipinski definition) is 3. The number of fused-ring (bicyclic) bond motifs is 9. The molecule has 0 spiro atoms. The van der Waals surface area contributed by atoms with E-state index in [0.717, 1.165) is 22.3 Å². The van der Waals surface area contributed by atoms with Crippen LogP contribution in [0.15, 0.2) is 176 Å². The Labute approximate surface area is 298 Å². The van der Waals surface area contributed by atoms with Crippen LogP contribution in [0, 0.1) is 0 Å². The second kappa shape index (κ2) is 10.8. The van der Waals surface area contributed by atoms with E-state index in [1.165, 1.54) is 64.3 Å². The molecule has 0 saturated carbocycles. The quantitative estimate of drug-likeness (QED) is 0.187. The van der Waals surface area contributed by atoms with Gasteiger partial charge in [0.15, 0.2) is 0 Å². The Hall–Kier alpha value is -6.36. The minimum absolute atomic E-state index is 0.497. The fourth-order valence-corrected chi connectivity index (χ4v) is 9.91. The van der Waals surface area contributed by atoms with Crippen LogP contribution < -0.4 is 0 Å². The van der Waals surface area contributed by atoms with E-state index in [1.54, 1.807) is 0 Å². The van der Waals surface area contributed by atoms with Gasteiger partial charge in [0.2, 0.25) is 5.95 Å². The molecular formula is C47H29N3S. The van der Waals surface area contributed by atoms with Gasteiger partial charge in [-0.2, -0.15) is 0 Å². The first-order valence-electron chi connectivity index (χ1n) is 17.3. The van der Waals surface area contributed by atoms with Crippen LogP contribution in [0.25, 0.3) is 70.3 Å². The molecule has 0 unspecified atom stereocenters. The normalized spacial score (nSPS) is 13.3. The average molecular weight is 668 g/mol. The fourth-order valence-electron chi connectivity index (χ4n) is 8.69. The maximum absolute atomic E-state index is 5.34. The summed E-state index contributed by atoms with van der Waals surface area (Å²) in [7, 11) is 0. The van der Waals surface area contributed by atoms with Gasteiger partial charge < -0.3 is 0 Å². The maximum Gasteiger partial charge on any atom is 0.235 e. The Bertz CT molecular complexity index is 2940. The highest BCUT2D eigenvalue weighted by molar-refractivity contribution is 7.26. The van der Waals surface area contributed by atoms with Crippen LogP contribution in [-0.2, 0) is 5.41 Å². The van der Waals surface area contributed by atoms with Crippen molar-refractivity contribution >= 4 is 53.3 Å². The van der Waals surface area contributed by atoms with Crippen LogP contribution in [0.4, 0.5) is 0 Å². The molecule has 0 bridgehead atoms. The summed E-state index contributed by atoms with van der Waals surface area (Å²) in [6.45, 7) is 0. The molecule has 1 aliphatic carbocycles. The lowest BCUT2D eigenvalue weighted by atomic mass is 9.67. The van der Waals surface area contributed by atoms with Crippen molar-refractivity contribution in [2.45, 2.75) is 5.41 Å². The Morgan fingerprint density at radius 2 is 1.12 bits per heavy atom. The zero-order valence-corrected chi connectivity index (χ0v) is 28.3. The zero-order valence-electron chi connectivity index (χ0n) is 27.5. The lowest BCUT2D eigenvalue weighted by Crippen LogP contribution is -2.28. The van der Waals surface area contributed by atoms with Gasteiger partial charge in [0.25, 0.3) is 0 Å². The van der Waals surface area contributed by atoms with E-state index in [1.807, 2.05) is 23.6 Å². The molecule has 3 aromatic heterocycles. The first-order valence-corrected chi connectivity index (χ1v) is 18.1. The van der Waals surface area contributed by atoms with Crippen molar-refractivity contribution in [1.29, 1.82) is 0 Å². The van der Waals surface area contributed by atoms with Gasteiger partial charge in [-0.15, -0.1) is 11.3 Å². The van der Waals surface area contributed by atoms with E-state index in [-0.39, 0.29) is 0 Å². The number of nitrogens with zero attached hydrogens (tertiary/aromatic N) is 3. The minimum atomic E-state index is -0.497. The second-order valence-electron chi connectivity index (χ2n) is 13.3. The summed E-state index contributed by atoms with van der Waals surface area (Å²) in [5.41, 5.74) is 11.3. The van der Waals surface area contributed by atoms with E-state index in [4.69, 9.17) is 9.97 Å². The first kappa shape index (κ1) is 28.5. The molecule has 10 aromatic rings. The molecule has 3 heterocycles. The molecule has 51 heavy (non-hydrogen) atoms. The lowest BCUT2D eigenvalue weighted by molar-refractivity contribution is 0.769. The number of hydrogen-bond donors (Lipinski definition) is 0. The van der Waals surface area contributed by atoms with Crippen LogP contribution in [0.2, 0.25) is 0 Å². The molecule has 0 saturated heterocycles. The number of thiophene rings is 1. The van der Waals surface area contributed by atoms with Crippen molar-refractivity contribution in [3.05, 3.63) is 198 Å². The first-order chi connectivity index (χ1) is 25.3. The highest BCUT2D eigenvalue weighted by Gasteiger charge is 2.46. The van der Waals surface area contributed by atoms with E-state index in [0.29, 0.717) is 5.95 Å². The highest BCUT2D eigenvalue weighted by Crippen LogP contribution is 2.56. The van der Waals surface area contributed by atoms with Crippen LogP contribution >= 0.6 is 11.3 Å². The van der Waals surface area contributed by atoms with E-state index in [9.17, 15) is 0 Å². The summed E-state index contributed by atoms with van der Waals surface area (Å²) in [6, 6.07) is 61.7. The van der Waals surface area contributed by atoms with Crippen molar-refractivity contribution in [3.8, 4) is 28.3 Å². The number of rotatable bonds is 4. The summed E-state index contributed by atoms with van der Waals surface area (Å²) < 4.78 is 4.79. The molecule has 0 radical (unpaired) electrons. The molecule has 1 aliphatic rings. The summed E-state index contributed by atoms with van der Waals surface area (Å²) >= 11 is 1.83. The summed E-state index contributed by atoms with van der Waals surface area (Å²) in [4.78, 5) is 10.3. The van der Waals surface area contributed by atoms with Crippen molar-refractivity contribution in [1.82, 2.24) is 14.5 Å². The molecule has 238 valence electrons. The number of benzene rings is 7. The third-order valence-electron chi connectivity index (χ3n) is 10.8. The average Bonchev–Trinajstić information content (AvgIpc) is 3.85. The largest absolute Gasteiger partial charge is 0.278 e. The minimum Gasteiger partial charge on any atom is -0.278 e. The summed E-state index contributed by atoms with van der Waals surface area (Å²) in [5, 5.41) is 4.91. The Morgan fingerprint density at radius 3 is 1.94 bits per heavy atom. The Balaban J connectivity index is 1.19. The van der Waals surface area contributed by atoms with Gasteiger partial charge in [-0.05, 0) is 57.6 Å². The van der Waals surface area contributed by atoms with Crippen molar-refractivity contribution in [3.63, 3.8) is 0 Å². The van der Waals surface area contributed by atoms with Crippen LogP contribution in [-0.4, -0.2) is 14.5 Å². The van der Waals surface area contributed by atoms with Crippen molar-refractivity contribution in [2.24, 2.45) is 0 Å². The van der Waals surface area contributed by atoms with Gasteiger partial charge in [0.05, 0.1) is 22.1 Å². The molecule has 0 atom stereocenters. The summed E-state index contributed by atoms with van der Waals surface area (Å²) in [6.07, 6.45) is 1.91. The molecule has 7 aromatic carbocycles. The lowest BCUT2D eigenvalue weighted by Gasteiger charge is -2.34. The van der Waals surface area contributed by atoms with Crippen LogP contribution in [0.5, 0.6) is 0 Å². The smallest absolute Gasteiger partial charge is 0.235 e. The van der Waals surface area contributed by atoms with Gasteiger partial charge in [-0.1, -0.05) is 146 Å². The van der Waals surface area contributed by atoms with E-state index in [2.05, 4.69) is 168 Å². The van der Waals surface area contributed by atoms with E-state index < -0.39 is 5.41 Å². The van der Waals surface area contributed by atoms with Crippen LogP contribution in [0.3, 0.4) is 0 Å². The van der Waals surface area contributed by atoms with Gasteiger partial charge in [-0.3, -0.25) is 4.57 Å². The number of para-hydroxylation sites is 1. The molecule has 0 aliphatic heterocycles. The maximum atomic E-state index is 5.34. The standard InChI is InChI=1S/C47H29N3S/c1-2-13-30(14-3-1)47(39-21-8-4-15-32(39)33-16-5-9-22-40(33)47)31-25-26-35-34-17-6-10-23-42(34)50(43(35)29-31)46-48-28-27-41(49-46)38-20-12-19-37-36-18-7-11-24-44(36)51-45(37)38/h1-29H. The molecule has 4 heteroatoms. The SMILES string of the molecule is c1ccc(C2(c3ccc4c5ccccc5n(-c5nccc(-c6cccc7c6sc6ccccc67)n5)c4c3)c3ccccc3-c3ccccc32)cc1. The molecule has 0 amide bonds. The fraction of sp³-hybridized carbons (Fsp3) is 0.0213. The monoisotopic (exact) mass is 667 g/mol.